The second-order valence-electron chi connectivity index (χ2n) is 7.10. The van der Waals surface area contributed by atoms with Crippen molar-refractivity contribution in [1.82, 2.24) is 5.32 Å². The molecule has 1 amide bonds. The predicted octanol–water partition coefficient (Wildman–Crippen LogP) is 5.02. The Morgan fingerprint density at radius 1 is 1.25 bits per heavy atom. The SMILES string of the molecule is C[C@H]1CCc2c(sc(NC(=S)NC(=O)c3cccc4ccccc34)c2C#N)C1. The van der Waals surface area contributed by atoms with Gasteiger partial charge in [-0.3, -0.25) is 10.1 Å². The van der Waals surface area contributed by atoms with Crippen molar-refractivity contribution in [1.29, 1.82) is 5.26 Å². The lowest BCUT2D eigenvalue weighted by molar-refractivity contribution is 0.0979. The molecule has 0 saturated heterocycles. The van der Waals surface area contributed by atoms with Crippen molar-refractivity contribution < 1.29 is 4.79 Å². The summed E-state index contributed by atoms with van der Waals surface area (Å²) in [5.74, 6) is 0.367. The molecular formula is C22H19N3OS2. The summed E-state index contributed by atoms with van der Waals surface area (Å²) in [6.07, 6.45) is 3.01. The van der Waals surface area contributed by atoms with Crippen molar-refractivity contribution in [2.45, 2.75) is 26.2 Å². The van der Waals surface area contributed by atoms with Gasteiger partial charge in [0, 0.05) is 10.4 Å². The molecule has 2 aromatic carbocycles. The Balaban J connectivity index is 1.54. The van der Waals surface area contributed by atoms with Crippen molar-refractivity contribution in [2.75, 3.05) is 5.32 Å². The lowest BCUT2D eigenvalue weighted by atomic mass is 9.89. The van der Waals surface area contributed by atoms with E-state index in [4.69, 9.17) is 12.2 Å². The van der Waals surface area contributed by atoms with Crippen molar-refractivity contribution in [3.8, 4) is 6.07 Å². The number of carbonyl (C=O) groups excluding carboxylic acids is 1. The van der Waals surface area contributed by atoms with Crippen molar-refractivity contribution >= 4 is 50.3 Å². The fraction of sp³-hybridized carbons (Fsp3) is 0.227. The first kappa shape index (κ1) is 18.6. The number of fused-ring (bicyclic) bond motifs is 2. The molecule has 3 aromatic rings. The van der Waals surface area contributed by atoms with Crippen LogP contribution >= 0.6 is 23.6 Å². The number of nitrogens with zero attached hydrogens (tertiary/aromatic N) is 1. The van der Waals surface area contributed by atoms with E-state index in [1.54, 1.807) is 17.4 Å². The van der Waals surface area contributed by atoms with Gasteiger partial charge < -0.3 is 5.32 Å². The Labute approximate surface area is 173 Å². The van der Waals surface area contributed by atoms with Crippen LogP contribution in [0.5, 0.6) is 0 Å². The van der Waals surface area contributed by atoms with Crippen LogP contribution in [0.4, 0.5) is 5.00 Å². The highest BCUT2D eigenvalue weighted by atomic mass is 32.1. The molecule has 1 aliphatic rings. The Kier molecular flexibility index (Phi) is 5.12. The number of thiocarbonyl (C=S) groups is 1. The summed E-state index contributed by atoms with van der Waals surface area (Å²) >= 11 is 6.93. The maximum atomic E-state index is 12.8. The maximum Gasteiger partial charge on any atom is 0.258 e. The molecule has 0 bridgehead atoms. The summed E-state index contributed by atoms with van der Waals surface area (Å²) in [5.41, 5.74) is 2.37. The van der Waals surface area contributed by atoms with Crippen molar-refractivity contribution in [3.05, 3.63) is 64.0 Å². The zero-order valence-corrected chi connectivity index (χ0v) is 17.0. The molecule has 0 unspecified atom stereocenters. The van der Waals surface area contributed by atoms with E-state index in [1.807, 2.05) is 36.4 Å². The second-order valence-corrected chi connectivity index (χ2v) is 8.62. The lowest BCUT2D eigenvalue weighted by Gasteiger charge is -2.17. The average Bonchev–Trinajstić information content (AvgIpc) is 3.03. The van der Waals surface area contributed by atoms with Gasteiger partial charge >= 0.3 is 0 Å². The van der Waals surface area contributed by atoms with E-state index in [1.165, 1.54) is 4.88 Å². The minimum atomic E-state index is -0.261. The summed E-state index contributed by atoms with van der Waals surface area (Å²) in [4.78, 5) is 14.0. The first-order valence-electron chi connectivity index (χ1n) is 9.21. The van der Waals surface area contributed by atoms with Gasteiger partial charge in [-0.2, -0.15) is 5.26 Å². The summed E-state index contributed by atoms with van der Waals surface area (Å²) < 4.78 is 0. The standard InChI is InChI=1S/C22H19N3OS2/c1-13-9-10-16-18(12-23)21(28-19(16)11-13)25-22(27)24-20(26)17-8-4-6-14-5-2-3-7-15(14)17/h2-8,13H,9-11H2,1H3,(H2,24,25,26,27)/t13-/m0/s1. The first-order chi connectivity index (χ1) is 13.6. The minimum Gasteiger partial charge on any atom is -0.323 e. The molecule has 1 atom stereocenters. The molecule has 1 heterocycles. The molecule has 140 valence electrons. The number of rotatable bonds is 2. The summed E-state index contributed by atoms with van der Waals surface area (Å²) in [7, 11) is 0. The zero-order chi connectivity index (χ0) is 19.7. The number of benzene rings is 2. The number of thiophene rings is 1. The van der Waals surface area contributed by atoms with Gasteiger partial charge in [-0.15, -0.1) is 11.3 Å². The highest BCUT2D eigenvalue weighted by Crippen LogP contribution is 2.39. The van der Waals surface area contributed by atoms with E-state index in [2.05, 4.69) is 23.6 Å². The highest BCUT2D eigenvalue weighted by molar-refractivity contribution is 7.80. The number of nitrogens with one attached hydrogen (secondary N) is 2. The molecule has 1 aromatic heterocycles. The largest absolute Gasteiger partial charge is 0.323 e. The molecule has 6 heteroatoms. The van der Waals surface area contributed by atoms with Gasteiger partial charge in [0.1, 0.15) is 11.1 Å². The van der Waals surface area contributed by atoms with E-state index >= 15 is 0 Å². The Morgan fingerprint density at radius 2 is 2.04 bits per heavy atom. The lowest BCUT2D eigenvalue weighted by Crippen LogP contribution is -2.34. The number of hydrogen-bond acceptors (Lipinski definition) is 4. The van der Waals surface area contributed by atoms with Crippen LogP contribution in [0.25, 0.3) is 10.8 Å². The van der Waals surface area contributed by atoms with Crippen molar-refractivity contribution in [2.24, 2.45) is 5.92 Å². The topological polar surface area (TPSA) is 64.9 Å². The average molecular weight is 406 g/mol. The molecule has 0 fully saturated rings. The fourth-order valence-electron chi connectivity index (χ4n) is 3.69. The molecule has 2 N–H and O–H groups in total. The molecule has 4 nitrogen and oxygen atoms in total. The van der Waals surface area contributed by atoms with Crippen LogP contribution in [0.15, 0.2) is 42.5 Å². The third-order valence-electron chi connectivity index (χ3n) is 5.11. The molecule has 4 rings (SSSR count). The van der Waals surface area contributed by atoms with Crippen LogP contribution in [-0.2, 0) is 12.8 Å². The van der Waals surface area contributed by atoms with Gasteiger partial charge in [-0.1, -0.05) is 43.3 Å². The molecule has 0 aliphatic heterocycles. The molecule has 28 heavy (non-hydrogen) atoms. The van der Waals surface area contributed by atoms with Crippen LogP contribution in [0.2, 0.25) is 0 Å². The predicted molar refractivity (Wildman–Crippen MR) is 118 cm³/mol. The fourth-order valence-corrected chi connectivity index (χ4v) is 5.31. The Bertz CT molecular complexity index is 1120. The van der Waals surface area contributed by atoms with Crippen LogP contribution in [-0.4, -0.2) is 11.0 Å². The van der Waals surface area contributed by atoms with Gasteiger partial charge in [0.05, 0.1) is 5.56 Å². The van der Waals surface area contributed by atoms with Crippen LogP contribution in [0.3, 0.4) is 0 Å². The number of anilines is 1. The normalized spacial score (nSPS) is 15.5. The summed E-state index contributed by atoms with van der Waals surface area (Å²) in [5, 5.41) is 18.3. The van der Waals surface area contributed by atoms with Crippen LogP contribution < -0.4 is 10.6 Å². The quantitative estimate of drug-likeness (QED) is 0.587. The molecular weight excluding hydrogens is 386 g/mol. The Hall–Kier alpha value is -2.75. The summed E-state index contributed by atoms with van der Waals surface area (Å²) in [6, 6.07) is 15.7. The van der Waals surface area contributed by atoms with E-state index < -0.39 is 0 Å². The third-order valence-corrected chi connectivity index (χ3v) is 6.49. The van der Waals surface area contributed by atoms with Gasteiger partial charge in [0.2, 0.25) is 0 Å². The number of hydrogen-bond donors (Lipinski definition) is 2. The second kappa shape index (κ2) is 7.70. The monoisotopic (exact) mass is 405 g/mol. The maximum absolute atomic E-state index is 12.8. The smallest absolute Gasteiger partial charge is 0.258 e. The van der Waals surface area contributed by atoms with Crippen LogP contribution in [0, 0.1) is 17.2 Å². The molecule has 0 radical (unpaired) electrons. The van der Waals surface area contributed by atoms with E-state index in [0.717, 1.165) is 40.6 Å². The molecule has 0 saturated carbocycles. The van der Waals surface area contributed by atoms with Crippen LogP contribution in [0.1, 0.15) is 39.7 Å². The zero-order valence-electron chi connectivity index (χ0n) is 15.4. The highest BCUT2D eigenvalue weighted by Gasteiger charge is 2.24. The minimum absolute atomic E-state index is 0.209. The van der Waals surface area contributed by atoms with E-state index in [9.17, 15) is 10.1 Å². The van der Waals surface area contributed by atoms with Crippen molar-refractivity contribution in [3.63, 3.8) is 0 Å². The van der Waals surface area contributed by atoms with Gasteiger partial charge in [-0.25, -0.2) is 0 Å². The molecule has 0 spiro atoms. The van der Waals surface area contributed by atoms with E-state index in [0.29, 0.717) is 17.0 Å². The van der Waals surface area contributed by atoms with Gasteiger partial charge in [0.25, 0.3) is 5.91 Å². The van der Waals surface area contributed by atoms with Gasteiger partial charge in [-0.05, 0) is 59.8 Å². The summed E-state index contributed by atoms with van der Waals surface area (Å²) in [6.45, 7) is 2.23. The third kappa shape index (κ3) is 3.51. The Morgan fingerprint density at radius 3 is 2.86 bits per heavy atom. The molecule has 1 aliphatic carbocycles. The number of nitriles is 1. The van der Waals surface area contributed by atoms with Gasteiger partial charge in [0.15, 0.2) is 5.11 Å². The number of carbonyl (C=O) groups is 1. The number of amides is 1. The first-order valence-corrected chi connectivity index (χ1v) is 10.4. The van der Waals surface area contributed by atoms with E-state index in [-0.39, 0.29) is 11.0 Å².